The van der Waals surface area contributed by atoms with Gasteiger partial charge < -0.3 is 10.4 Å². The Balaban J connectivity index is 1.86. The van der Waals surface area contributed by atoms with Crippen molar-refractivity contribution in [1.29, 1.82) is 0 Å². The standard InChI is InChI=1S/C20H25NO/c1-13-4-8-16(9-5-13)18-12-19(22)15(3)20(21-18)17-10-6-14(2)7-11-17/h4-11,15,18-22H,12H2,1-3H3/t15-,18+,19+,20+/m0/s1. The number of hydrogen-bond acceptors (Lipinski definition) is 2. The summed E-state index contributed by atoms with van der Waals surface area (Å²) in [5, 5.41) is 14.3. The summed E-state index contributed by atoms with van der Waals surface area (Å²) in [6, 6.07) is 17.7. The van der Waals surface area contributed by atoms with E-state index < -0.39 is 0 Å². The van der Waals surface area contributed by atoms with Crippen LogP contribution >= 0.6 is 0 Å². The summed E-state index contributed by atoms with van der Waals surface area (Å²) in [4.78, 5) is 0. The maximum atomic E-state index is 10.5. The van der Waals surface area contributed by atoms with Crippen molar-refractivity contribution in [2.24, 2.45) is 5.92 Å². The highest BCUT2D eigenvalue weighted by molar-refractivity contribution is 5.29. The van der Waals surface area contributed by atoms with Gasteiger partial charge in [-0.1, -0.05) is 66.6 Å². The van der Waals surface area contributed by atoms with Crippen LogP contribution in [-0.4, -0.2) is 11.2 Å². The first-order valence-electron chi connectivity index (χ1n) is 8.12. The summed E-state index contributed by atoms with van der Waals surface area (Å²) in [5.74, 6) is 0.212. The third-order valence-corrected chi connectivity index (χ3v) is 4.91. The van der Waals surface area contributed by atoms with Crippen molar-refractivity contribution in [1.82, 2.24) is 5.32 Å². The molecule has 0 aliphatic carbocycles. The molecule has 1 saturated heterocycles. The molecule has 0 radical (unpaired) electrons. The summed E-state index contributed by atoms with van der Waals surface area (Å²) in [6.45, 7) is 6.34. The third kappa shape index (κ3) is 3.08. The first-order chi connectivity index (χ1) is 10.5. The molecule has 1 aliphatic heterocycles. The van der Waals surface area contributed by atoms with Gasteiger partial charge in [-0.3, -0.25) is 0 Å². The molecule has 2 nitrogen and oxygen atoms in total. The average molecular weight is 295 g/mol. The van der Waals surface area contributed by atoms with Gasteiger partial charge in [-0.2, -0.15) is 0 Å². The highest BCUT2D eigenvalue weighted by Crippen LogP contribution is 2.37. The molecule has 2 N–H and O–H groups in total. The van der Waals surface area contributed by atoms with Crippen LogP contribution in [-0.2, 0) is 0 Å². The minimum atomic E-state index is -0.279. The molecule has 0 saturated carbocycles. The Morgan fingerprint density at radius 3 is 1.91 bits per heavy atom. The normalized spacial score (nSPS) is 28.5. The Morgan fingerprint density at radius 1 is 0.864 bits per heavy atom. The zero-order chi connectivity index (χ0) is 15.7. The zero-order valence-electron chi connectivity index (χ0n) is 13.6. The minimum Gasteiger partial charge on any atom is -0.393 e. The van der Waals surface area contributed by atoms with Crippen LogP contribution in [0.5, 0.6) is 0 Å². The Labute approximate surface area is 133 Å². The van der Waals surface area contributed by atoms with Gasteiger partial charge in [0.25, 0.3) is 0 Å². The van der Waals surface area contributed by atoms with Gasteiger partial charge in [0.2, 0.25) is 0 Å². The molecule has 1 heterocycles. The Kier molecular flexibility index (Phi) is 4.32. The highest BCUT2D eigenvalue weighted by Gasteiger charge is 2.34. The zero-order valence-corrected chi connectivity index (χ0v) is 13.6. The second-order valence-electron chi connectivity index (χ2n) is 6.68. The third-order valence-electron chi connectivity index (χ3n) is 4.91. The monoisotopic (exact) mass is 295 g/mol. The fourth-order valence-corrected chi connectivity index (χ4v) is 3.32. The molecule has 0 spiro atoms. The number of aliphatic hydroxyl groups is 1. The predicted octanol–water partition coefficient (Wildman–Crippen LogP) is 4.08. The summed E-state index contributed by atoms with van der Waals surface area (Å²) in [7, 11) is 0. The van der Waals surface area contributed by atoms with Crippen LogP contribution in [0.25, 0.3) is 0 Å². The molecule has 0 bridgehead atoms. The van der Waals surface area contributed by atoms with Crippen LogP contribution in [0, 0.1) is 19.8 Å². The van der Waals surface area contributed by atoms with Crippen LogP contribution in [0.2, 0.25) is 0 Å². The van der Waals surface area contributed by atoms with E-state index in [1.165, 1.54) is 22.3 Å². The second-order valence-corrected chi connectivity index (χ2v) is 6.68. The Bertz CT molecular complexity index is 617. The van der Waals surface area contributed by atoms with Gasteiger partial charge in [-0.05, 0) is 31.4 Å². The van der Waals surface area contributed by atoms with Crippen molar-refractivity contribution in [3.8, 4) is 0 Å². The number of benzene rings is 2. The molecule has 22 heavy (non-hydrogen) atoms. The van der Waals surface area contributed by atoms with E-state index >= 15 is 0 Å². The molecule has 0 aromatic heterocycles. The lowest BCUT2D eigenvalue weighted by Gasteiger charge is -2.40. The summed E-state index contributed by atoms with van der Waals surface area (Å²) >= 11 is 0. The number of rotatable bonds is 2. The van der Waals surface area contributed by atoms with E-state index in [-0.39, 0.29) is 24.1 Å². The smallest absolute Gasteiger partial charge is 0.0602 e. The van der Waals surface area contributed by atoms with E-state index in [4.69, 9.17) is 0 Å². The molecule has 0 unspecified atom stereocenters. The van der Waals surface area contributed by atoms with Crippen molar-refractivity contribution < 1.29 is 5.11 Å². The lowest BCUT2D eigenvalue weighted by molar-refractivity contribution is 0.0402. The van der Waals surface area contributed by atoms with E-state index in [0.29, 0.717) is 0 Å². The molecule has 2 aromatic carbocycles. The molecule has 2 aromatic rings. The maximum Gasteiger partial charge on any atom is 0.0602 e. The number of aliphatic hydroxyl groups excluding tert-OH is 1. The van der Waals surface area contributed by atoms with E-state index in [9.17, 15) is 5.11 Å². The van der Waals surface area contributed by atoms with Crippen LogP contribution in [0.3, 0.4) is 0 Å². The summed E-state index contributed by atoms with van der Waals surface area (Å²) < 4.78 is 0. The van der Waals surface area contributed by atoms with Crippen LogP contribution in [0.15, 0.2) is 48.5 Å². The van der Waals surface area contributed by atoms with E-state index in [0.717, 1.165) is 6.42 Å². The molecule has 1 aliphatic rings. The molecule has 2 heteroatoms. The number of nitrogens with one attached hydrogen (secondary N) is 1. The number of aryl methyl sites for hydroxylation is 2. The second kappa shape index (κ2) is 6.23. The maximum absolute atomic E-state index is 10.5. The van der Waals surface area contributed by atoms with Crippen molar-refractivity contribution >= 4 is 0 Å². The van der Waals surface area contributed by atoms with Crippen molar-refractivity contribution in [3.63, 3.8) is 0 Å². The van der Waals surface area contributed by atoms with E-state index in [1.54, 1.807) is 0 Å². The molecule has 0 amide bonds. The van der Waals surface area contributed by atoms with E-state index in [1.807, 2.05) is 0 Å². The largest absolute Gasteiger partial charge is 0.393 e. The number of piperidine rings is 1. The molecule has 3 rings (SSSR count). The van der Waals surface area contributed by atoms with Gasteiger partial charge in [0, 0.05) is 18.0 Å². The van der Waals surface area contributed by atoms with Gasteiger partial charge in [0.05, 0.1) is 6.10 Å². The molecular weight excluding hydrogens is 270 g/mol. The van der Waals surface area contributed by atoms with Crippen molar-refractivity contribution in [2.45, 2.75) is 45.4 Å². The van der Waals surface area contributed by atoms with Gasteiger partial charge in [0.1, 0.15) is 0 Å². The summed E-state index contributed by atoms with van der Waals surface area (Å²) in [5.41, 5.74) is 5.05. The Hall–Kier alpha value is -1.64. The van der Waals surface area contributed by atoms with Gasteiger partial charge in [0.15, 0.2) is 0 Å². The average Bonchev–Trinajstić information content (AvgIpc) is 2.52. The number of hydrogen-bond donors (Lipinski definition) is 2. The van der Waals surface area contributed by atoms with Crippen LogP contribution in [0.1, 0.15) is 47.7 Å². The van der Waals surface area contributed by atoms with E-state index in [2.05, 4.69) is 74.6 Å². The molecule has 1 fully saturated rings. The fraction of sp³-hybridized carbons (Fsp3) is 0.400. The lowest BCUT2D eigenvalue weighted by Crippen LogP contribution is -2.43. The topological polar surface area (TPSA) is 32.3 Å². The SMILES string of the molecule is Cc1ccc([C@H]2C[C@@H](O)[C@H](C)[C@H](c3ccc(C)cc3)N2)cc1. The predicted molar refractivity (Wildman–Crippen MR) is 90.8 cm³/mol. The highest BCUT2D eigenvalue weighted by atomic mass is 16.3. The van der Waals surface area contributed by atoms with Crippen molar-refractivity contribution in [3.05, 3.63) is 70.8 Å². The molecule has 4 atom stereocenters. The fourth-order valence-electron chi connectivity index (χ4n) is 3.32. The first-order valence-corrected chi connectivity index (χ1v) is 8.12. The summed E-state index contributed by atoms with van der Waals surface area (Å²) in [6.07, 6.45) is 0.492. The Morgan fingerprint density at radius 2 is 1.36 bits per heavy atom. The van der Waals surface area contributed by atoms with Crippen LogP contribution < -0.4 is 5.32 Å². The van der Waals surface area contributed by atoms with Gasteiger partial charge >= 0.3 is 0 Å². The quantitative estimate of drug-likeness (QED) is 0.875. The molecular formula is C20H25NO. The van der Waals surface area contributed by atoms with Gasteiger partial charge in [-0.25, -0.2) is 0 Å². The molecule has 116 valence electrons. The van der Waals surface area contributed by atoms with Crippen LogP contribution in [0.4, 0.5) is 0 Å². The van der Waals surface area contributed by atoms with Gasteiger partial charge in [-0.15, -0.1) is 0 Å². The minimum absolute atomic E-state index is 0.190. The first kappa shape index (κ1) is 15.3. The lowest BCUT2D eigenvalue weighted by atomic mass is 9.81. The van der Waals surface area contributed by atoms with Crippen molar-refractivity contribution in [2.75, 3.05) is 0 Å².